The second-order valence-corrected chi connectivity index (χ2v) is 5.75. The van der Waals surface area contributed by atoms with E-state index in [0.29, 0.717) is 19.4 Å². The number of nitrogens with one attached hydrogen (secondary N) is 1. The zero-order chi connectivity index (χ0) is 15.9. The molecule has 1 aliphatic rings. The summed E-state index contributed by atoms with van der Waals surface area (Å²) < 4.78 is 4.91. The first-order valence-corrected chi connectivity index (χ1v) is 7.54. The van der Waals surface area contributed by atoms with E-state index in [1.165, 1.54) is 0 Å². The van der Waals surface area contributed by atoms with Gasteiger partial charge in [-0.2, -0.15) is 5.26 Å². The summed E-state index contributed by atoms with van der Waals surface area (Å²) in [4.78, 5) is 25.5. The summed E-state index contributed by atoms with van der Waals surface area (Å²) in [6.45, 7) is 6.10. The third-order valence-corrected chi connectivity index (χ3v) is 3.76. The summed E-state index contributed by atoms with van der Waals surface area (Å²) >= 11 is 0. The van der Waals surface area contributed by atoms with Crippen molar-refractivity contribution in [1.82, 2.24) is 10.2 Å². The van der Waals surface area contributed by atoms with E-state index in [1.807, 2.05) is 13.8 Å². The summed E-state index contributed by atoms with van der Waals surface area (Å²) in [5, 5.41) is 12.1. The Morgan fingerprint density at radius 3 is 2.43 bits per heavy atom. The molecule has 21 heavy (non-hydrogen) atoms. The van der Waals surface area contributed by atoms with Gasteiger partial charge in [-0.25, -0.2) is 0 Å². The Morgan fingerprint density at radius 2 is 1.95 bits per heavy atom. The summed E-state index contributed by atoms with van der Waals surface area (Å²) in [5.41, 5.74) is -0.719. The second-order valence-electron chi connectivity index (χ2n) is 5.75. The van der Waals surface area contributed by atoms with Crippen molar-refractivity contribution in [2.45, 2.75) is 58.0 Å². The zero-order valence-corrected chi connectivity index (χ0v) is 13.1. The molecule has 0 aromatic heterocycles. The molecule has 0 heterocycles. The number of nitriles is 1. The number of esters is 1. The van der Waals surface area contributed by atoms with Crippen LogP contribution in [0.2, 0.25) is 0 Å². The molecule has 0 atom stereocenters. The Bertz CT molecular complexity index is 409. The van der Waals surface area contributed by atoms with Gasteiger partial charge in [0.05, 0.1) is 25.8 Å². The van der Waals surface area contributed by atoms with E-state index < -0.39 is 5.54 Å². The molecule has 1 amide bonds. The van der Waals surface area contributed by atoms with E-state index in [1.54, 1.807) is 11.8 Å². The van der Waals surface area contributed by atoms with Crippen molar-refractivity contribution in [2.24, 2.45) is 0 Å². The summed E-state index contributed by atoms with van der Waals surface area (Å²) in [6, 6.07) is 2.27. The van der Waals surface area contributed by atoms with Gasteiger partial charge in [0.15, 0.2) is 0 Å². The van der Waals surface area contributed by atoms with Gasteiger partial charge in [0.25, 0.3) is 0 Å². The lowest BCUT2D eigenvalue weighted by atomic mass is 10.00. The molecule has 0 radical (unpaired) electrons. The summed E-state index contributed by atoms with van der Waals surface area (Å²) in [6.07, 6.45) is 3.33. The number of rotatable bonds is 7. The largest absolute Gasteiger partial charge is 0.465 e. The van der Waals surface area contributed by atoms with Gasteiger partial charge in [-0.3, -0.25) is 14.5 Å². The molecular formula is C15H25N3O3. The predicted molar refractivity (Wildman–Crippen MR) is 78.3 cm³/mol. The maximum atomic E-state index is 12.2. The molecule has 0 saturated heterocycles. The molecule has 1 saturated carbocycles. The van der Waals surface area contributed by atoms with Gasteiger partial charge in [-0.05, 0) is 46.5 Å². The minimum absolute atomic E-state index is 0.0433. The number of ether oxygens (including phenoxy) is 1. The first kappa shape index (κ1) is 17.4. The summed E-state index contributed by atoms with van der Waals surface area (Å²) in [7, 11) is 0. The first-order valence-electron chi connectivity index (χ1n) is 7.54. The number of nitrogens with zero attached hydrogens (tertiary/aromatic N) is 2. The van der Waals surface area contributed by atoms with Gasteiger partial charge in [0.2, 0.25) is 5.91 Å². The van der Waals surface area contributed by atoms with Crippen molar-refractivity contribution in [3.05, 3.63) is 0 Å². The zero-order valence-electron chi connectivity index (χ0n) is 13.1. The smallest absolute Gasteiger partial charge is 0.320 e. The van der Waals surface area contributed by atoms with E-state index in [-0.39, 0.29) is 31.0 Å². The number of carbonyl (C=O) groups excluding carboxylic acids is 2. The Labute approximate surface area is 126 Å². The molecule has 0 aliphatic heterocycles. The molecule has 1 rings (SSSR count). The predicted octanol–water partition coefficient (Wildman–Crippen LogP) is 1.21. The van der Waals surface area contributed by atoms with Crippen LogP contribution in [-0.4, -0.2) is 48.1 Å². The third kappa shape index (κ3) is 5.35. The molecule has 1 aliphatic carbocycles. The molecule has 0 aromatic carbocycles. The SMILES string of the molecule is CCOC(=O)CN(CC(=O)NC1(C#N)CCCC1)C(C)C. The molecule has 0 unspecified atom stereocenters. The Balaban J connectivity index is 2.56. The van der Waals surface area contributed by atoms with Crippen LogP contribution in [-0.2, 0) is 14.3 Å². The molecule has 6 nitrogen and oxygen atoms in total. The quantitative estimate of drug-likeness (QED) is 0.714. The van der Waals surface area contributed by atoms with Crippen molar-refractivity contribution in [1.29, 1.82) is 5.26 Å². The highest BCUT2D eigenvalue weighted by Crippen LogP contribution is 2.28. The number of carbonyl (C=O) groups is 2. The highest BCUT2D eigenvalue weighted by atomic mass is 16.5. The molecule has 0 bridgehead atoms. The van der Waals surface area contributed by atoms with Gasteiger partial charge in [-0.1, -0.05) is 0 Å². The molecule has 0 aromatic rings. The molecule has 1 fully saturated rings. The lowest BCUT2D eigenvalue weighted by molar-refractivity contribution is -0.145. The Hall–Kier alpha value is -1.61. The van der Waals surface area contributed by atoms with Crippen LogP contribution in [0.4, 0.5) is 0 Å². The highest BCUT2D eigenvalue weighted by Gasteiger charge is 2.35. The van der Waals surface area contributed by atoms with Crippen molar-refractivity contribution >= 4 is 11.9 Å². The fourth-order valence-corrected chi connectivity index (χ4v) is 2.53. The highest BCUT2D eigenvalue weighted by molar-refractivity contribution is 5.80. The monoisotopic (exact) mass is 295 g/mol. The lowest BCUT2D eigenvalue weighted by Gasteiger charge is -2.27. The van der Waals surface area contributed by atoms with Crippen molar-refractivity contribution in [2.75, 3.05) is 19.7 Å². The van der Waals surface area contributed by atoms with E-state index >= 15 is 0 Å². The van der Waals surface area contributed by atoms with Crippen LogP contribution in [0.1, 0.15) is 46.5 Å². The van der Waals surface area contributed by atoms with Crippen LogP contribution in [0.15, 0.2) is 0 Å². The van der Waals surface area contributed by atoms with Crippen molar-refractivity contribution in [3.8, 4) is 6.07 Å². The first-order chi connectivity index (χ1) is 9.92. The maximum absolute atomic E-state index is 12.2. The van der Waals surface area contributed by atoms with Crippen LogP contribution in [0.5, 0.6) is 0 Å². The van der Waals surface area contributed by atoms with Crippen LogP contribution >= 0.6 is 0 Å². The summed E-state index contributed by atoms with van der Waals surface area (Å²) in [5.74, 6) is -0.550. The standard InChI is InChI=1S/C15H25N3O3/c1-4-21-14(20)10-18(12(2)3)9-13(19)17-15(11-16)7-5-6-8-15/h12H,4-10H2,1-3H3,(H,17,19). The maximum Gasteiger partial charge on any atom is 0.320 e. The average molecular weight is 295 g/mol. The minimum Gasteiger partial charge on any atom is -0.465 e. The van der Waals surface area contributed by atoms with Gasteiger partial charge < -0.3 is 10.1 Å². The van der Waals surface area contributed by atoms with Crippen LogP contribution in [0.3, 0.4) is 0 Å². The molecule has 118 valence electrons. The lowest BCUT2D eigenvalue weighted by Crippen LogP contribution is -2.50. The van der Waals surface area contributed by atoms with Gasteiger partial charge in [0, 0.05) is 6.04 Å². The molecule has 6 heteroatoms. The average Bonchev–Trinajstić information content (AvgIpc) is 2.87. The Kier molecular flexibility index (Phi) is 6.63. The van der Waals surface area contributed by atoms with E-state index in [2.05, 4.69) is 11.4 Å². The van der Waals surface area contributed by atoms with Gasteiger partial charge >= 0.3 is 5.97 Å². The fourth-order valence-electron chi connectivity index (χ4n) is 2.53. The van der Waals surface area contributed by atoms with Crippen LogP contribution in [0, 0.1) is 11.3 Å². The Morgan fingerprint density at radius 1 is 1.33 bits per heavy atom. The van der Waals surface area contributed by atoms with Gasteiger partial charge in [-0.15, -0.1) is 0 Å². The normalized spacial score (nSPS) is 16.8. The van der Waals surface area contributed by atoms with E-state index in [9.17, 15) is 14.9 Å². The molecule has 0 spiro atoms. The van der Waals surface area contributed by atoms with Crippen molar-refractivity contribution < 1.29 is 14.3 Å². The molecule has 1 N–H and O–H groups in total. The van der Waals surface area contributed by atoms with Crippen LogP contribution < -0.4 is 5.32 Å². The minimum atomic E-state index is -0.719. The van der Waals surface area contributed by atoms with E-state index in [0.717, 1.165) is 12.8 Å². The number of hydrogen-bond donors (Lipinski definition) is 1. The van der Waals surface area contributed by atoms with Gasteiger partial charge in [0.1, 0.15) is 5.54 Å². The van der Waals surface area contributed by atoms with Crippen LogP contribution in [0.25, 0.3) is 0 Å². The topological polar surface area (TPSA) is 82.4 Å². The van der Waals surface area contributed by atoms with Crippen molar-refractivity contribution in [3.63, 3.8) is 0 Å². The van der Waals surface area contributed by atoms with E-state index in [4.69, 9.17) is 4.74 Å². The molecular weight excluding hydrogens is 270 g/mol. The fraction of sp³-hybridized carbons (Fsp3) is 0.800. The number of hydrogen-bond acceptors (Lipinski definition) is 5. The number of amides is 1. The third-order valence-electron chi connectivity index (χ3n) is 3.76. The second kappa shape index (κ2) is 7.99.